The lowest BCUT2D eigenvalue weighted by Gasteiger charge is -2.21. The summed E-state index contributed by atoms with van der Waals surface area (Å²) in [5.41, 5.74) is 3.82. The molecular formula is C19H23Cl2N. The predicted octanol–water partition coefficient (Wildman–Crippen LogP) is 5.92. The maximum absolute atomic E-state index is 6.24. The molecule has 2 rings (SSSR count). The molecule has 0 atom stereocenters. The molecular weight excluding hydrogens is 313 g/mol. The molecule has 0 bridgehead atoms. The molecule has 2 aromatic rings. The van der Waals surface area contributed by atoms with Crippen LogP contribution in [0.25, 0.3) is 0 Å². The molecule has 0 spiro atoms. The van der Waals surface area contributed by atoms with Crippen molar-refractivity contribution in [2.75, 3.05) is 7.05 Å². The molecule has 0 fully saturated rings. The van der Waals surface area contributed by atoms with Gasteiger partial charge in [-0.25, -0.2) is 0 Å². The number of nitrogens with zero attached hydrogens (tertiary/aromatic N) is 1. The number of benzene rings is 2. The topological polar surface area (TPSA) is 3.24 Å². The molecule has 0 amide bonds. The van der Waals surface area contributed by atoms with Crippen LogP contribution in [0.4, 0.5) is 0 Å². The molecule has 0 heterocycles. The van der Waals surface area contributed by atoms with E-state index >= 15 is 0 Å². The Labute approximate surface area is 143 Å². The lowest BCUT2D eigenvalue weighted by molar-refractivity contribution is 0.319. The number of hydrogen-bond donors (Lipinski definition) is 0. The van der Waals surface area contributed by atoms with Gasteiger partial charge in [-0.05, 0) is 35.7 Å². The molecule has 0 saturated heterocycles. The highest BCUT2D eigenvalue weighted by Crippen LogP contribution is 2.26. The van der Waals surface area contributed by atoms with Crippen molar-refractivity contribution in [2.45, 2.75) is 39.3 Å². The SMILES string of the molecule is CN(Cc1ccc(C(C)(C)C)cc1)Cc1c(Cl)cccc1Cl. The summed E-state index contributed by atoms with van der Waals surface area (Å²) in [6.45, 7) is 8.29. The summed E-state index contributed by atoms with van der Waals surface area (Å²) >= 11 is 12.5. The van der Waals surface area contributed by atoms with Crippen molar-refractivity contribution in [2.24, 2.45) is 0 Å². The van der Waals surface area contributed by atoms with Gasteiger partial charge in [0.15, 0.2) is 0 Å². The molecule has 0 saturated carbocycles. The largest absolute Gasteiger partial charge is 0.298 e. The van der Waals surface area contributed by atoms with Crippen molar-refractivity contribution in [3.8, 4) is 0 Å². The zero-order valence-corrected chi connectivity index (χ0v) is 15.2. The smallest absolute Gasteiger partial charge is 0.0465 e. The van der Waals surface area contributed by atoms with Crippen LogP contribution in [0.1, 0.15) is 37.5 Å². The van der Waals surface area contributed by atoms with E-state index in [1.807, 2.05) is 18.2 Å². The maximum Gasteiger partial charge on any atom is 0.0465 e. The highest BCUT2D eigenvalue weighted by Gasteiger charge is 2.13. The standard InChI is InChI=1S/C19H23Cl2N/c1-19(2,3)15-10-8-14(9-11-15)12-22(4)13-16-17(20)6-5-7-18(16)21/h5-11H,12-13H2,1-4H3. The van der Waals surface area contributed by atoms with Gasteiger partial charge < -0.3 is 0 Å². The third-order valence-corrected chi connectivity index (χ3v) is 4.47. The fraction of sp³-hybridized carbons (Fsp3) is 0.368. The lowest BCUT2D eigenvalue weighted by Crippen LogP contribution is -2.18. The van der Waals surface area contributed by atoms with Crippen LogP contribution in [0.2, 0.25) is 10.0 Å². The first-order valence-electron chi connectivity index (χ1n) is 7.48. The minimum atomic E-state index is 0.190. The Morgan fingerprint density at radius 2 is 1.41 bits per heavy atom. The minimum absolute atomic E-state index is 0.190. The van der Waals surface area contributed by atoms with Crippen LogP contribution in [0.5, 0.6) is 0 Å². The number of hydrogen-bond acceptors (Lipinski definition) is 1. The van der Waals surface area contributed by atoms with E-state index in [1.165, 1.54) is 11.1 Å². The predicted molar refractivity (Wildman–Crippen MR) is 96.8 cm³/mol. The molecule has 0 N–H and O–H groups in total. The van der Waals surface area contributed by atoms with E-state index in [2.05, 4.69) is 57.0 Å². The Morgan fingerprint density at radius 1 is 0.864 bits per heavy atom. The van der Waals surface area contributed by atoms with Crippen molar-refractivity contribution in [3.05, 3.63) is 69.2 Å². The van der Waals surface area contributed by atoms with E-state index in [-0.39, 0.29) is 5.41 Å². The quantitative estimate of drug-likeness (QED) is 0.669. The minimum Gasteiger partial charge on any atom is -0.298 e. The zero-order valence-electron chi connectivity index (χ0n) is 13.7. The van der Waals surface area contributed by atoms with Crippen molar-refractivity contribution in [1.82, 2.24) is 4.90 Å². The number of rotatable bonds is 4. The van der Waals surface area contributed by atoms with Crippen molar-refractivity contribution in [1.29, 1.82) is 0 Å². The Balaban J connectivity index is 2.05. The monoisotopic (exact) mass is 335 g/mol. The van der Waals surface area contributed by atoms with Crippen LogP contribution in [-0.4, -0.2) is 11.9 Å². The van der Waals surface area contributed by atoms with Crippen LogP contribution in [0.15, 0.2) is 42.5 Å². The van der Waals surface area contributed by atoms with Gasteiger partial charge in [0.05, 0.1) is 0 Å². The molecule has 22 heavy (non-hydrogen) atoms. The van der Waals surface area contributed by atoms with E-state index in [0.717, 1.165) is 28.7 Å². The molecule has 1 nitrogen and oxygen atoms in total. The second kappa shape index (κ2) is 7.04. The van der Waals surface area contributed by atoms with E-state index in [0.29, 0.717) is 0 Å². The normalized spacial score (nSPS) is 12.0. The van der Waals surface area contributed by atoms with Gasteiger partial charge in [0.1, 0.15) is 0 Å². The van der Waals surface area contributed by atoms with E-state index in [1.54, 1.807) is 0 Å². The fourth-order valence-electron chi connectivity index (χ4n) is 2.43. The summed E-state index contributed by atoms with van der Waals surface area (Å²) in [5.74, 6) is 0. The molecule has 118 valence electrons. The number of halogens is 2. The summed E-state index contributed by atoms with van der Waals surface area (Å²) in [6.07, 6.45) is 0. The summed E-state index contributed by atoms with van der Waals surface area (Å²) in [4.78, 5) is 2.22. The van der Waals surface area contributed by atoms with E-state index < -0.39 is 0 Å². The van der Waals surface area contributed by atoms with Crippen molar-refractivity contribution >= 4 is 23.2 Å². The van der Waals surface area contributed by atoms with Gasteiger partial charge in [0, 0.05) is 28.7 Å². The van der Waals surface area contributed by atoms with Gasteiger partial charge in [-0.15, -0.1) is 0 Å². The summed E-state index contributed by atoms with van der Waals surface area (Å²) in [7, 11) is 2.08. The molecule has 0 aromatic heterocycles. The average molecular weight is 336 g/mol. The molecule has 2 aromatic carbocycles. The second-order valence-corrected chi connectivity index (χ2v) is 7.63. The van der Waals surface area contributed by atoms with Crippen LogP contribution < -0.4 is 0 Å². The Kier molecular flexibility index (Phi) is 5.55. The van der Waals surface area contributed by atoms with Crippen molar-refractivity contribution < 1.29 is 0 Å². The van der Waals surface area contributed by atoms with Crippen molar-refractivity contribution in [3.63, 3.8) is 0 Å². The molecule has 0 aliphatic heterocycles. The average Bonchev–Trinajstić information content (AvgIpc) is 2.43. The second-order valence-electron chi connectivity index (χ2n) is 6.82. The Hall–Kier alpha value is -1.02. The third kappa shape index (κ3) is 4.49. The summed E-state index contributed by atoms with van der Waals surface area (Å²) in [5, 5.41) is 1.45. The Morgan fingerprint density at radius 3 is 1.91 bits per heavy atom. The summed E-state index contributed by atoms with van der Waals surface area (Å²) < 4.78 is 0. The summed E-state index contributed by atoms with van der Waals surface area (Å²) in [6, 6.07) is 14.5. The van der Waals surface area contributed by atoms with Crippen LogP contribution in [-0.2, 0) is 18.5 Å². The lowest BCUT2D eigenvalue weighted by atomic mass is 9.87. The van der Waals surface area contributed by atoms with E-state index in [4.69, 9.17) is 23.2 Å². The first-order chi connectivity index (χ1) is 10.3. The van der Waals surface area contributed by atoms with E-state index in [9.17, 15) is 0 Å². The zero-order chi connectivity index (χ0) is 16.3. The van der Waals surface area contributed by atoms with Gasteiger partial charge >= 0.3 is 0 Å². The van der Waals surface area contributed by atoms with Gasteiger partial charge in [-0.1, -0.05) is 74.3 Å². The van der Waals surface area contributed by atoms with Crippen LogP contribution >= 0.6 is 23.2 Å². The molecule has 3 heteroatoms. The van der Waals surface area contributed by atoms with Crippen LogP contribution in [0.3, 0.4) is 0 Å². The van der Waals surface area contributed by atoms with Gasteiger partial charge in [0.25, 0.3) is 0 Å². The van der Waals surface area contributed by atoms with Gasteiger partial charge in [0.2, 0.25) is 0 Å². The molecule has 0 aliphatic rings. The molecule has 0 radical (unpaired) electrons. The highest BCUT2D eigenvalue weighted by molar-refractivity contribution is 6.35. The molecule has 0 aliphatic carbocycles. The van der Waals surface area contributed by atoms with Crippen LogP contribution in [0, 0.1) is 0 Å². The van der Waals surface area contributed by atoms with Gasteiger partial charge in [-0.2, -0.15) is 0 Å². The first-order valence-corrected chi connectivity index (χ1v) is 8.24. The third-order valence-electron chi connectivity index (χ3n) is 3.76. The first kappa shape index (κ1) is 17.3. The Bertz CT molecular complexity index is 607. The maximum atomic E-state index is 6.24. The molecule has 0 unspecified atom stereocenters. The van der Waals surface area contributed by atoms with Gasteiger partial charge in [-0.3, -0.25) is 4.90 Å². The highest BCUT2D eigenvalue weighted by atomic mass is 35.5. The fourth-order valence-corrected chi connectivity index (χ4v) is 2.95.